The van der Waals surface area contributed by atoms with E-state index >= 15 is 0 Å². The summed E-state index contributed by atoms with van der Waals surface area (Å²) < 4.78 is 5.13. The Morgan fingerprint density at radius 2 is 1.83 bits per heavy atom. The highest BCUT2D eigenvalue weighted by Crippen LogP contribution is 2.08. The number of aliphatic carboxylic acids is 1. The molecule has 3 N–H and O–H groups in total. The lowest BCUT2D eigenvalue weighted by Crippen LogP contribution is -2.42. The lowest BCUT2D eigenvalue weighted by molar-refractivity contribution is -0.140. The van der Waals surface area contributed by atoms with Crippen LogP contribution < -0.4 is 10.6 Å². The summed E-state index contributed by atoms with van der Waals surface area (Å²) in [5.74, 6) is -2.07. The van der Waals surface area contributed by atoms with Crippen LogP contribution >= 0.6 is 0 Å². The van der Waals surface area contributed by atoms with Crippen LogP contribution in [0.2, 0.25) is 0 Å². The van der Waals surface area contributed by atoms with E-state index in [9.17, 15) is 14.4 Å². The number of nitrogens with one attached hydrogen (secondary N) is 2. The maximum absolute atomic E-state index is 12.3. The number of hydrogen-bond acceptors (Lipinski definition) is 4. The van der Waals surface area contributed by atoms with Gasteiger partial charge in [0.1, 0.15) is 17.5 Å². The molecule has 1 unspecified atom stereocenters. The first kappa shape index (κ1) is 17.0. The minimum absolute atomic E-state index is 0.119. The molecular formula is C17H16N2O5. The van der Waals surface area contributed by atoms with Gasteiger partial charge in [-0.05, 0) is 31.2 Å². The third-order valence-corrected chi connectivity index (χ3v) is 3.08. The Morgan fingerprint density at radius 1 is 1.12 bits per heavy atom. The zero-order valence-electron chi connectivity index (χ0n) is 12.9. The maximum atomic E-state index is 12.3. The van der Waals surface area contributed by atoms with E-state index in [1.807, 2.05) is 0 Å². The largest absolute Gasteiger partial charge is 0.480 e. The van der Waals surface area contributed by atoms with Crippen molar-refractivity contribution in [2.45, 2.75) is 13.0 Å². The van der Waals surface area contributed by atoms with E-state index in [0.29, 0.717) is 11.3 Å². The van der Waals surface area contributed by atoms with Gasteiger partial charge in [-0.15, -0.1) is 0 Å². The normalized spacial score (nSPS) is 12.3. The first-order chi connectivity index (χ1) is 11.5. The van der Waals surface area contributed by atoms with Crippen LogP contribution in [0.5, 0.6) is 0 Å². The summed E-state index contributed by atoms with van der Waals surface area (Å²) >= 11 is 0. The molecule has 2 amide bonds. The third-order valence-electron chi connectivity index (χ3n) is 3.08. The number of carbonyl (C=O) groups excluding carboxylic acids is 2. The molecule has 0 aliphatic rings. The predicted octanol–water partition coefficient (Wildman–Crippen LogP) is 1.64. The molecule has 0 saturated carbocycles. The van der Waals surface area contributed by atoms with Crippen molar-refractivity contribution < 1.29 is 23.9 Å². The fourth-order valence-corrected chi connectivity index (χ4v) is 1.79. The standard InChI is InChI=1S/C17H16N2O5/c1-11(17(22)23)18-16(21)14(10-13-8-5-9-24-13)19-15(20)12-6-3-2-4-7-12/h2-11H,1H3,(H,18,21)(H,19,20)(H,22,23). The highest BCUT2D eigenvalue weighted by Gasteiger charge is 2.19. The number of carboxylic acid groups (broad SMARTS) is 1. The van der Waals surface area contributed by atoms with Gasteiger partial charge in [0, 0.05) is 11.6 Å². The number of carboxylic acids is 1. The first-order valence-electron chi connectivity index (χ1n) is 7.12. The van der Waals surface area contributed by atoms with Crippen LogP contribution in [-0.2, 0) is 9.59 Å². The molecule has 7 heteroatoms. The molecule has 0 bridgehead atoms. The Morgan fingerprint density at radius 3 is 2.42 bits per heavy atom. The quantitative estimate of drug-likeness (QED) is 0.699. The summed E-state index contributed by atoms with van der Waals surface area (Å²) in [6.45, 7) is 1.32. The van der Waals surface area contributed by atoms with Crippen molar-refractivity contribution in [1.82, 2.24) is 10.6 Å². The summed E-state index contributed by atoms with van der Waals surface area (Å²) in [6, 6.07) is 10.5. The molecule has 0 saturated heterocycles. The van der Waals surface area contributed by atoms with Crippen molar-refractivity contribution in [2.24, 2.45) is 0 Å². The zero-order chi connectivity index (χ0) is 17.5. The third kappa shape index (κ3) is 4.57. The zero-order valence-corrected chi connectivity index (χ0v) is 12.9. The highest BCUT2D eigenvalue weighted by atomic mass is 16.4. The highest BCUT2D eigenvalue weighted by molar-refractivity contribution is 6.05. The topological polar surface area (TPSA) is 109 Å². The molecule has 0 fully saturated rings. The average Bonchev–Trinajstić information content (AvgIpc) is 3.07. The number of rotatable bonds is 6. The molecule has 2 aromatic rings. The Balaban J connectivity index is 2.22. The SMILES string of the molecule is CC(NC(=O)C(=Cc1ccco1)NC(=O)c1ccccc1)C(=O)O. The van der Waals surface area contributed by atoms with Gasteiger partial charge in [-0.1, -0.05) is 18.2 Å². The van der Waals surface area contributed by atoms with Gasteiger partial charge in [0.05, 0.1) is 6.26 Å². The molecule has 0 radical (unpaired) electrons. The summed E-state index contributed by atoms with van der Waals surface area (Å²) in [5, 5.41) is 13.6. The second kappa shape index (κ2) is 7.77. The van der Waals surface area contributed by atoms with Gasteiger partial charge in [-0.25, -0.2) is 0 Å². The lowest BCUT2D eigenvalue weighted by Gasteiger charge is -2.13. The molecule has 0 aliphatic heterocycles. The van der Waals surface area contributed by atoms with Crippen LogP contribution in [0.25, 0.3) is 6.08 Å². The molecule has 24 heavy (non-hydrogen) atoms. The van der Waals surface area contributed by atoms with Crippen molar-refractivity contribution in [1.29, 1.82) is 0 Å². The fraction of sp³-hybridized carbons (Fsp3) is 0.118. The van der Waals surface area contributed by atoms with Crippen LogP contribution in [0.1, 0.15) is 23.0 Å². The van der Waals surface area contributed by atoms with Crippen LogP contribution in [0.3, 0.4) is 0 Å². The minimum atomic E-state index is -1.19. The van der Waals surface area contributed by atoms with Gasteiger partial charge in [0.25, 0.3) is 11.8 Å². The monoisotopic (exact) mass is 328 g/mol. The van der Waals surface area contributed by atoms with Crippen LogP contribution in [0.15, 0.2) is 58.8 Å². The van der Waals surface area contributed by atoms with Crippen molar-refractivity contribution in [3.8, 4) is 0 Å². The van der Waals surface area contributed by atoms with E-state index in [2.05, 4.69) is 10.6 Å². The molecule has 1 heterocycles. The number of benzene rings is 1. The Hall–Kier alpha value is -3.35. The van der Waals surface area contributed by atoms with Crippen molar-refractivity contribution in [2.75, 3.05) is 0 Å². The van der Waals surface area contributed by atoms with Crippen molar-refractivity contribution in [3.05, 3.63) is 65.7 Å². The minimum Gasteiger partial charge on any atom is -0.480 e. The molecule has 2 rings (SSSR count). The van der Waals surface area contributed by atoms with E-state index in [4.69, 9.17) is 9.52 Å². The molecule has 7 nitrogen and oxygen atoms in total. The Labute approximate surface area is 138 Å². The van der Waals surface area contributed by atoms with E-state index in [-0.39, 0.29) is 5.70 Å². The Kier molecular flexibility index (Phi) is 5.51. The van der Waals surface area contributed by atoms with E-state index in [1.54, 1.807) is 42.5 Å². The number of furan rings is 1. The van der Waals surface area contributed by atoms with E-state index in [0.717, 1.165) is 0 Å². The predicted molar refractivity (Wildman–Crippen MR) is 85.8 cm³/mol. The lowest BCUT2D eigenvalue weighted by atomic mass is 10.2. The summed E-state index contributed by atoms with van der Waals surface area (Å²) in [7, 11) is 0. The van der Waals surface area contributed by atoms with Gasteiger partial charge < -0.3 is 20.2 Å². The van der Waals surface area contributed by atoms with Gasteiger partial charge in [-0.2, -0.15) is 0 Å². The van der Waals surface area contributed by atoms with E-state index < -0.39 is 23.8 Å². The molecule has 1 atom stereocenters. The second-order valence-corrected chi connectivity index (χ2v) is 4.93. The van der Waals surface area contributed by atoms with Gasteiger partial charge in [0.15, 0.2) is 0 Å². The Bertz CT molecular complexity index is 751. The molecule has 1 aromatic heterocycles. The first-order valence-corrected chi connectivity index (χ1v) is 7.12. The van der Waals surface area contributed by atoms with Crippen molar-refractivity contribution >= 4 is 23.9 Å². The van der Waals surface area contributed by atoms with Gasteiger partial charge in [0.2, 0.25) is 0 Å². The molecule has 0 spiro atoms. The van der Waals surface area contributed by atoms with E-state index in [1.165, 1.54) is 19.3 Å². The number of hydrogen-bond donors (Lipinski definition) is 3. The molecular weight excluding hydrogens is 312 g/mol. The van der Waals surface area contributed by atoms with Crippen molar-refractivity contribution in [3.63, 3.8) is 0 Å². The smallest absolute Gasteiger partial charge is 0.325 e. The summed E-state index contributed by atoms with van der Waals surface area (Å²) in [6.07, 6.45) is 2.74. The van der Waals surface area contributed by atoms with Crippen LogP contribution in [-0.4, -0.2) is 28.9 Å². The van der Waals surface area contributed by atoms with Gasteiger partial charge >= 0.3 is 5.97 Å². The van der Waals surface area contributed by atoms with Crippen LogP contribution in [0, 0.1) is 0 Å². The second-order valence-electron chi connectivity index (χ2n) is 4.93. The number of amides is 2. The molecule has 0 aliphatic carbocycles. The van der Waals surface area contributed by atoms with Gasteiger partial charge in [-0.3, -0.25) is 14.4 Å². The molecule has 124 valence electrons. The van der Waals surface area contributed by atoms with Crippen LogP contribution in [0.4, 0.5) is 0 Å². The average molecular weight is 328 g/mol. The fourth-order valence-electron chi connectivity index (χ4n) is 1.79. The number of carbonyl (C=O) groups is 3. The summed E-state index contributed by atoms with van der Waals surface area (Å²) in [5.41, 5.74) is 0.244. The maximum Gasteiger partial charge on any atom is 0.325 e. The molecule has 1 aromatic carbocycles. The summed E-state index contributed by atoms with van der Waals surface area (Å²) in [4.78, 5) is 35.4.